The molecule has 0 aliphatic heterocycles. The number of pyridine rings is 1. The van der Waals surface area contributed by atoms with E-state index in [1.54, 1.807) is 0 Å². The molecule has 0 atom stereocenters. The van der Waals surface area contributed by atoms with Gasteiger partial charge in [-0.3, -0.25) is 0 Å². The standard InChI is InChI=1S/C13H21BrN2/c1-4-6-7-16(5-2)13-11(3)8-12(9-14)10-15-13/h8,10H,4-7,9H2,1-3H3. The lowest BCUT2D eigenvalue weighted by Gasteiger charge is -2.23. The molecule has 16 heavy (non-hydrogen) atoms. The number of aromatic nitrogens is 1. The highest BCUT2D eigenvalue weighted by Gasteiger charge is 2.08. The van der Waals surface area contributed by atoms with Gasteiger partial charge in [-0.1, -0.05) is 35.3 Å². The van der Waals surface area contributed by atoms with E-state index in [1.165, 1.54) is 24.0 Å². The number of nitrogens with zero attached hydrogens (tertiary/aromatic N) is 2. The molecule has 2 nitrogen and oxygen atoms in total. The van der Waals surface area contributed by atoms with E-state index in [-0.39, 0.29) is 0 Å². The third-order valence-electron chi connectivity index (χ3n) is 2.72. The van der Waals surface area contributed by atoms with E-state index in [0.29, 0.717) is 0 Å². The quantitative estimate of drug-likeness (QED) is 0.737. The van der Waals surface area contributed by atoms with Crippen molar-refractivity contribution in [2.45, 2.75) is 38.9 Å². The summed E-state index contributed by atoms with van der Waals surface area (Å²) >= 11 is 3.46. The Morgan fingerprint density at radius 1 is 1.38 bits per heavy atom. The van der Waals surface area contributed by atoms with E-state index in [9.17, 15) is 0 Å². The van der Waals surface area contributed by atoms with E-state index in [2.05, 4.69) is 52.7 Å². The molecular formula is C13H21BrN2. The highest BCUT2D eigenvalue weighted by atomic mass is 79.9. The molecule has 0 saturated carbocycles. The van der Waals surface area contributed by atoms with Crippen LogP contribution in [0.5, 0.6) is 0 Å². The summed E-state index contributed by atoms with van der Waals surface area (Å²) in [7, 11) is 0. The molecule has 0 aliphatic rings. The van der Waals surface area contributed by atoms with Crippen molar-refractivity contribution in [3.63, 3.8) is 0 Å². The average Bonchev–Trinajstić information content (AvgIpc) is 2.31. The van der Waals surface area contributed by atoms with Crippen LogP contribution in [0.15, 0.2) is 12.3 Å². The van der Waals surface area contributed by atoms with Crippen molar-refractivity contribution in [3.8, 4) is 0 Å². The van der Waals surface area contributed by atoms with Crippen molar-refractivity contribution in [1.29, 1.82) is 0 Å². The van der Waals surface area contributed by atoms with Gasteiger partial charge in [0.15, 0.2) is 0 Å². The van der Waals surface area contributed by atoms with Crippen molar-refractivity contribution in [2.75, 3.05) is 18.0 Å². The summed E-state index contributed by atoms with van der Waals surface area (Å²) in [6.45, 7) is 8.69. The summed E-state index contributed by atoms with van der Waals surface area (Å²) in [6, 6.07) is 2.21. The lowest BCUT2D eigenvalue weighted by atomic mass is 10.2. The molecule has 1 aromatic rings. The number of hydrogen-bond donors (Lipinski definition) is 0. The van der Waals surface area contributed by atoms with E-state index >= 15 is 0 Å². The van der Waals surface area contributed by atoms with Crippen molar-refractivity contribution < 1.29 is 0 Å². The van der Waals surface area contributed by atoms with Gasteiger partial charge in [0.05, 0.1) is 0 Å². The predicted octanol–water partition coefficient (Wildman–Crippen LogP) is 3.91. The second-order valence-electron chi connectivity index (χ2n) is 4.05. The van der Waals surface area contributed by atoms with Gasteiger partial charge in [-0.05, 0) is 31.4 Å². The molecule has 0 fully saturated rings. The summed E-state index contributed by atoms with van der Waals surface area (Å²) in [5.41, 5.74) is 2.52. The molecule has 0 unspecified atom stereocenters. The molecule has 0 N–H and O–H groups in total. The monoisotopic (exact) mass is 284 g/mol. The van der Waals surface area contributed by atoms with Gasteiger partial charge in [-0.15, -0.1) is 0 Å². The molecule has 0 spiro atoms. The number of rotatable bonds is 6. The molecule has 3 heteroatoms. The molecule has 1 aromatic heterocycles. The maximum Gasteiger partial charge on any atom is 0.131 e. The van der Waals surface area contributed by atoms with Gasteiger partial charge in [0.2, 0.25) is 0 Å². The van der Waals surface area contributed by atoms with Gasteiger partial charge in [0, 0.05) is 24.6 Å². The van der Waals surface area contributed by atoms with Crippen LogP contribution in [0.2, 0.25) is 0 Å². The summed E-state index contributed by atoms with van der Waals surface area (Å²) in [5, 5.41) is 0.877. The minimum Gasteiger partial charge on any atom is -0.357 e. The fourth-order valence-corrected chi connectivity index (χ4v) is 2.10. The van der Waals surface area contributed by atoms with E-state index in [0.717, 1.165) is 24.2 Å². The third-order valence-corrected chi connectivity index (χ3v) is 3.37. The zero-order chi connectivity index (χ0) is 12.0. The van der Waals surface area contributed by atoms with Crippen LogP contribution < -0.4 is 4.90 Å². The Kier molecular flexibility index (Phi) is 5.81. The van der Waals surface area contributed by atoms with Gasteiger partial charge in [0.1, 0.15) is 5.82 Å². The maximum absolute atomic E-state index is 4.57. The normalized spacial score (nSPS) is 10.5. The van der Waals surface area contributed by atoms with E-state index < -0.39 is 0 Å². The van der Waals surface area contributed by atoms with Crippen LogP contribution in [-0.2, 0) is 5.33 Å². The van der Waals surface area contributed by atoms with Crippen LogP contribution in [0.3, 0.4) is 0 Å². The van der Waals surface area contributed by atoms with Crippen LogP contribution in [0.1, 0.15) is 37.8 Å². The lowest BCUT2D eigenvalue weighted by Crippen LogP contribution is -2.25. The number of hydrogen-bond acceptors (Lipinski definition) is 2. The fourth-order valence-electron chi connectivity index (χ4n) is 1.79. The summed E-state index contributed by atoms with van der Waals surface area (Å²) < 4.78 is 0. The molecule has 1 heterocycles. The first-order valence-electron chi connectivity index (χ1n) is 5.99. The summed E-state index contributed by atoms with van der Waals surface area (Å²) in [5.74, 6) is 1.14. The number of unbranched alkanes of at least 4 members (excludes halogenated alkanes) is 1. The summed E-state index contributed by atoms with van der Waals surface area (Å²) in [6.07, 6.45) is 4.43. The van der Waals surface area contributed by atoms with E-state index in [1.807, 2.05) is 6.20 Å². The van der Waals surface area contributed by atoms with Crippen LogP contribution >= 0.6 is 15.9 Å². The molecule has 0 aromatic carbocycles. The maximum atomic E-state index is 4.57. The number of alkyl halides is 1. The zero-order valence-electron chi connectivity index (χ0n) is 10.5. The molecule has 0 amide bonds. The van der Waals surface area contributed by atoms with Crippen LogP contribution in [-0.4, -0.2) is 18.1 Å². The number of aryl methyl sites for hydroxylation is 1. The molecule has 0 saturated heterocycles. The van der Waals surface area contributed by atoms with Gasteiger partial charge in [-0.2, -0.15) is 0 Å². The zero-order valence-corrected chi connectivity index (χ0v) is 12.0. The van der Waals surface area contributed by atoms with E-state index in [4.69, 9.17) is 0 Å². The second kappa shape index (κ2) is 6.89. The van der Waals surface area contributed by atoms with Gasteiger partial charge >= 0.3 is 0 Å². The van der Waals surface area contributed by atoms with Crippen LogP contribution in [0.25, 0.3) is 0 Å². The number of halogens is 1. The minimum atomic E-state index is 0.877. The average molecular weight is 285 g/mol. The Bertz CT molecular complexity index is 326. The van der Waals surface area contributed by atoms with Gasteiger partial charge in [-0.25, -0.2) is 4.98 Å². The Labute approximate surface area is 107 Å². The predicted molar refractivity (Wildman–Crippen MR) is 74.4 cm³/mol. The van der Waals surface area contributed by atoms with Crippen LogP contribution in [0.4, 0.5) is 5.82 Å². The smallest absolute Gasteiger partial charge is 0.131 e. The molecule has 1 rings (SSSR count). The van der Waals surface area contributed by atoms with Crippen LogP contribution in [0, 0.1) is 6.92 Å². The van der Waals surface area contributed by atoms with Crippen molar-refractivity contribution in [3.05, 3.63) is 23.4 Å². The fraction of sp³-hybridized carbons (Fsp3) is 0.615. The Morgan fingerprint density at radius 2 is 2.12 bits per heavy atom. The highest BCUT2D eigenvalue weighted by Crippen LogP contribution is 2.19. The largest absolute Gasteiger partial charge is 0.357 e. The van der Waals surface area contributed by atoms with Gasteiger partial charge in [0.25, 0.3) is 0 Å². The topological polar surface area (TPSA) is 16.1 Å². The second-order valence-corrected chi connectivity index (χ2v) is 4.61. The molecular weight excluding hydrogens is 264 g/mol. The molecule has 90 valence electrons. The third kappa shape index (κ3) is 3.48. The summed E-state index contributed by atoms with van der Waals surface area (Å²) in [4.78, 5) is 6.93. The van der Waals surface area contributed by atoms with Crippen molar-refractivity contribution in [1.82, 2.24) is 4.98 Å². The first-order valence-corrected chi connectivity index (χ1v) is 7.11. The van der Waals surface area contributed by atoms with Gasteiger partial charge < -0.3 is 4.90 Å². The molecule has 0 radical (unpaired) electrons. The first-order chi connectivity index (χ1) is 7.72. The van der Waals surface area contributed by atoms with Crippen molar-refractivity contribution in [2.24, 2.45) is 0 Å². The highest BCUT2D eigenvalue weighted by molar-refractivity contribution is 9.08. The Hall–Kier alpha value is -0.570. The first kappa shape index (κ1) is 13.5. The SMILES string of the molecule is CCCCN(CC)c1ncc(CBr)cc1C. The lowest BCUT2D eigenvalue weighted by molar-refractivity contribution is 0.722. The number of anilines is 1. The van der Waals surface area contributed by atoms with Crippen molar-refractivity contribution >= 4 is 21.7 Å². The Morgan fingerprint density at radius 3 is 2.62 bits per heavy atom. The minimum absolute atomic E-state index is 0.877. The molecule has 0 bridgehead atoms. The molecule has 0 aliphatic carbocycles. The Balaban J connectivity index is 2.83.